The Morgan fingerprint density at radius 2 is 2.00 bits per heavy atom. The number of aromatic nitrogens is 2. The summed E-state index contributed by atoms with van der Waals surface area (Å²) >= 11 is 3.38. The molecule has 0 unspecified atom stereocenters. The van der Waals surface area contributed by atoms with Gasteiger partial charge in [-0.2, -0.15) is 9.78 Å². The lowest BCUT2D eigenvalue weighted by atomic mass is 10.2. The fourth-order valence-corrected chi connectivity index (χ4v) is 3.08. The molecule has 7 nitrogen and oxygen atoms in total. The summed E-state index contributed by atoms with van der Waals surface area (Å²) in [5, 5.41) is 4.84. The van der Waals surface area contributed by atoms with Gasteiger partial charge in [-0.3, -0.25) is 4.79 Å². The number of hydrogen-bond donors (Lipinski definition) is 0. The maximum absolute atomic E-state index is 12.9. The lowest BCUT2D eigenvalue weighted by Gasteiger charge is -2.12. The number of benzene rings is 2. The summed E-state index contributed by atoms with van der Waals surface area (Å²) in [4.78, 5) is 28.9. The lowest BCUT2D eigenvalue weighted by molar-refractivity contribution is -0.147. The second kappa shape index (κ2) is 9.00. The molecule has 0 amide bonds. The van der Waals surface area contributed by atoms with E-state index in [1.54, 1.807) is 43.5 Å². The Morgan fingerprint density at radius 3 is 2.66 bits per heavy atom. The average molecular weight is 458 g/mol. The van der Waals surface area contributed by atoms with E-state index in [9.17, 15) is 9.59 Å². The van der Waals surface area contributed by atoms with Crippen molar-refractivity contribution >= 4 is 39.0 Å². The molecule has 3 rings (SSSR count). The number of methoxy groups -OCH3 is 1. The van der Waals surface area contributed by atoms with Crippen LogP contribution < -0.4 is 10.3 Å². The fourth-order valence-electron chi connectivity index (χ4n) is 2.72. The van der Waals surface area contributed by atoms with E-state index in [0.717, 1.165) is 10.0 Å². The van der Waals surface area contributed by atoms with Crippen molar-refractivity contribution in [2.24, 2.45) is 5.10 Å². The molecule has 0 saturated carbocycles. The molecule has 0 bridgehead atoms. The van der Waals surface area contributed by atoms with Gasteiger partial charge in [0.25, 0.3) is 5.56 Å². The van der Waals surface area contributed by atoms with E-state index >= 15 is 0 Å². The number of halogens is 1. The van der Waals surface area contributed by atoms with Crippen LogP contribution in [-0.4, -0.2) is 35.1 Å². The highest BCUT2D eigenvalue weighted by atomic mass is 79.9. The van der Waals surface area contributed by atoms with Crippen molar-refractivity contribution < 1.29 is 14.3 Å². The summed E-state index contributed by atoms with van der Waals surface area (Å²) in [6.07, 6.45) is 1.45. The maximum atomic E-state index is 12.9. The highest BCUT2D eigenvalue weighted by molar-refractivity contribution is 9.10. The lowest BCUT2D eigenvalue weighted by Crippen LogP contribution is -2.24. The molecule has 0 spiro atoms. The third kappa shape index (κ3) is 4.71. The van der Waals surface area contributed by atoms with E-state index in [1.807, 2.05) is 19.1 Å². The number of esters is 1. The van der Waals surface area contributed by atoms with Gasteiger partial charge in [-0.25, -0.2) is 9.78 Å². The van der Waals surface area contributed by atoms with Gasteiger partial charge in [-0.15, -0.1) is 0 Å². The molecule has 0 fully saturated rings. The van der Waals surface area contributed by atoms with Crippen molar-refractivity contribution in [3.63, 3.8) is 0 Å². The SMILES string of the molecule is CCc1nc2ccc(Br)cc2c(=O)n1N=Cc1ccc(O[C@@H](C)C(=O)OC)cc1. The van der Waals surface area contributed by atoms with Crippen LogP contribution in [0.15, 0.2) is 56.8 Å². The Hall–Kier alpha value is -3.00. The molecular weight excluding hydrogens is 438 g/mol. The van der Waals surface area contributed by atoms with Gasteiger partial charge >= 0.3 is 5.97 Å². The highest BCUT2D eigenvalue weighted by Crippen LogP contribution is 2.17. The summed E-state index contributed by atoms with van der Waals surface area (Å²) in [6.45, 7) is 3.54. The van der Waals surface area contributed by atoms with Gasteiger partial charge in [-0.05, 0) is 55.0 Å². The van der Waals surface area contributed by atoms with E-state index in [2.05, 4.69) is 30.8 Å². The first-order valence-corrected chi connectivity index (χ1v) is 9.82. The number of carbonyl (C=O) groups excluding carboxylic acids is 1. The minimum absolute atomic E-state index is 0.226. The van der Waals surface area contributed by atoms with Crippen LogP contribution in [-0.2, 0) is 16.0 Å². The van der Waals surface area contributed by atoms with E-state index in [0.29, 0.717) is 28.9 Å². The normalized spacial score (nSPS) is 12.3. The van der Waals surface area contributed by atoms with Gasteiger partial charge in [0.05, 0.1) is 24.2 Å². The third-order valence-electron chi connectivity index (χ3n) is 4.24. The van der Waals surface area contributed by atoms with Crippen LogP contribution in [0.25, 0.3) is 10.9 Å². The first-order chi connectivity index (χ1) is 13.9. The summed E-state index contributed by atoms with van der Waals surface area (Å²) < 4.78 is 12.3. The Morgan fingerprint density at radius 1 is 1.28 bits per heavy atom. The van der Waals surface area contributed by atoms with Crippen molar-refractivity contribution in [2.75, 3.05) is 7.11 Å². The molecule has 0 radical (unpaired) electrons. The predicted molar refractivity (Wildman–Crippen MR) is 115 cm³/mol. The molecule has 1 heterocycles. The number of carbonyl (C=O) groups is 1. The van der Waals surface area contributed by atoms with E-state index in [-0.39, 0.29) is 5.56 Å². The van der Waals surface area contributed by atoms with Gasteiger partial charge in [0, 0.05) is 10.9 Å². The van der Waals surface area contributed by atoms with Gasteiger partial charge in [0.1, 0.15) is 11.6 Å². The monoisotopic (exact) mass is 457 g/mol. The molecule has 29 heavy (non-hydrogen) atoms. The van der Waals surface area contributed by atoms with Gasteiger partial charge in [0.2, 0.25) is 0 Å². The van der Waals surface area contributed by atoms with Crippen LogP contribution in [0.2, 0.25) is 0 Å². The van der Waals surface area contributed by atoms with Crippen molar-refractivity contribution in [1.29, 1.82) is 0 Å². The molecule has 0 saturated heterocycles. The highest BCUT2D eigenvalue weighted by Gasteiger charge is 2.14. The van der Waals surface area contributed by atoms with Gasteiger partial charge in [0.15, 0.2) is 6.10 Å². The van der Waals surface area contributed by atoms with Crippen molar-refractivity contribution in [3.05, 3.63) is 68.7 Å². The zero-order chi connectivity index (χ0) is 21.0. The number of ether oxygens (including phenoxy) is 2. The number of aryl methyl sites for hydroxylation is 1. The molecule has 2 aromatic carbocycles. The summed E-state index contributed by atoms with van der Waals surface area (Å²) in [7, 11) is 1.31. The van der Waals surface area contributed by atoms with Crippen LogP contribution in [0.4, 0.5) is 0 Å². The van der Waals surface area contributed by atoms with Crippen molar-refractivity contribution in [1.82, 2.24) is 9.66 Å². The number of fused-ring (bicyclic) bond motifs is 1. The van der Waals surface area contributed by atoms with Crippen LogP contribution in [0.5, 0.6) is 5.75 Å². The summed E-state index contributed by atoms with van der Waals surface area (Å²) in [5.74, 6) is 0.661. The van der Waals surface area contributed by atoms with Crippen LogP contribution in [0.3, 0.4) is 0 Å². The quantitative estimate of drug-likeness (QED) is 0.417. The second-order valence-corrected chi connectivity index (χ2v) is 7.17. The molecule has 1 aromatic heterocycles. The molecular formula is C21H20BrN3O4. The molecule has 0 aliphatic heterocycles. The molecule has 3 aromatic rings. The first-order valence-electron chi connectivity index (χ1n) is 9.03. The first kappa shape index (κ1) is 20.7. The Bertz CT molecular complexity index is 1120. The number of nitrogens with zero attached hydrogens (tertiary/aromatic N) is 3. The number of rotatable bonds is 6. The Balaban J connectivity index is 1.88. The smallest absolute Gasteiger partial charge is 0.346 e. The molecule has 8 heteroatoms. The van der Waals surface area contributed by atoms with Crippen molar-refractivity contribution in [3.8, 4) is 5.75 Å². The molecule has 0 aliphatic rings. The van der Waals surface area contributed by atoms with Gasteiger partial charge < -0.3 is 9.47 Å². The predicted octanol–water partition coefficient (Wildman–Crippen LogP) is 3.54. The summed E-state index contributed by atoms with van der Waals surface area (Å²) in [5.41, 5.74) is 1.19. The largest absolute Gasteiger partial charge is 0.479 e. The Labute approximate surface area is 176 Å². The number of hydrogen-bond acceptors (Lipinski definition) is 6. The Kier molecular flexibility index (Phi) is 6.43. The van der Waals surface area contributed by atoms with Crippen LogP contribution in [0, 0.1) is 0 Å². The van der Waals surface area contributed by atoms with Crippen LogP contribution in [0.1, 0.15) is 25.2 Å². The van der Waals surface area contributed by atoms with E-state index in [4.69, 9.17) is 4.74 Å². The second-order valence-electron chi connectivity index (χ2n) is 6.26. The van der Waals surface area contributed by atoms with Gasteiger partial charge in [-0.1, -0.05) is 22.9 Å². The molecule has 0 N–H and O–H groups in total. The van der Waals surface area contributed by atoms with Crippen LogP contribution >= 0.6 is 15.9 Å². The maximum Gasteiger partial charge on any atom is 0.346 e. The standard InChI is InChI=1S/C21H20BrN3O4/c1-4-19-24-18-10-7-15(22)11-17(18)20(26)25(19)23-12-14-5-8-16(9-6-14)29-13(2)21(27)28-3/h5-13H,4H2,1-3H3/t13-/m0/s1. The zero-order valence-corrected chi connectivity index (χ0v) is 17.8. The molecule has 150 valence electrons. The van der Waals surface area contributed by atoms with Crippen molar-refractivity contribution in [2.45, 2.75) is 26.4 Å². The van der Waals surface area contributed by atoms with E-state index in [1.165, 1.54) is 11.8 Å². The minimum atomic E-state index is -0.701. The minimum Gasteiger partial charge on any atom is -0.479 e. The fraction of sp³-hybridized carbons (Fsp3) is 0.238. The zero-order valence-electron chi connectivity index (χ0n) is 16.3. The average Bonchev–Trinajstić information content (AvgIpc) is 2.73. The molecule has 1 atom stereocenters. The molecule has 0 aliphatic carbocycles. The summed E-state index contributed by atoms with van der Waals surface area (Å²) in [6, 6.07) is 12.4. The third-order valence-corrected chi connectivity index (χ3v) is 4.73. The van der Waals surface area contributed by atoms with E-state index < -0.39 is 12.1 Å². The topological polar surface area (TPSA) is 82.8 Å².